The molecule has 0 unspecified atom stereocenters. The summed E-state index contributed by atoms with van der Waals surface area (Å²) >= 11 is 1.95. The van der Waals surface area contributed by atoms with Crippen LogP contribution in [0.1, 0.15) is 30.9 Å². The quantitative estimate of drug-likeness (QED) is 0.622. The highest BCUT2D eigenvalue weighted by Gasteiger charge is 2.38. The van der Waals surface area contributed by atoms with E-state index in [1.807, 2.05) is 17.8 Å². The van der Waals surface area contributed by atoms with E-state index in [9.17, 15) is 0 Å². The summed E-state index contributed by atoms with van der Waals surface area (Å²) in [5, 5.41) is 18.4. The Balaban J connectivity index is 1.85. The van der Waals surface area contributed by atoms with E-state index >= 15 is 0 Å². The van der Waals surface area contributed by atoms with Gasteiger partial charge in [-0.1, -0.05) is 0 Å². The van der Waals surface area contributed by atoms with Crippen molar-refractivity contribution >= 4 is 35.4 Å². The summed E-state index contributed by atoms with van der Waals surface area (Å²) in [5.41, 5.74) is 1.38. The highest BCUT2D eigenvalue weighted by molar-refractivity contribution is 7.99. The SMILES string of the molecule is COC1(c2cc(N3CCOC[C@H]3C)nc(Nc3ccn[nH]3)c2C=N)CCSCC1. The summed E-state index contributed by atoms with van der Waals surface area (Å²) in [7, 11) is 1.78. The molecule has 2 saturated heterocycles. The summed E-state index contributed by atoms with van der Waals surface area (Å²) in [4.78, 5) is 7.19. The molecule has 0 spiro atoms. The third-order valence-electron chi connectivity index (χ3n) is 5.79. The van der Waals surface area contributed by atoms with Crippen molar-refractivity contribution in [2.75, 3.05) is 48.6 Å². The van der Waals surface area contributed by atoms with Gasteiger partial charge in [0, 0.05) is 31.5 Å². The Labute approximate surface area is 175 Å². The molecule has 9 heteroatoms. The minimum atomic E-state index is -0.407. The largest absolute Gasteiger partial charge is 0.377 e. The number of rotatable bonds is 6. The van der Waals surface area contributed by atoms with Gasteiger partial charge in [-0.2, -0.15) is 16.9 Å². The van der Waals surface area contributed by atoms with Crippen LogP contribution in [0.15, 0.2) is 18.3 Å². The molecule has 4 rings (SSSR count). The lowest BCUT2D eigenvalue weighted by molar-refractivity contribution is -0.0220. The number of anilines is 3. The second-order valence-corrected chi connectivity index (χ2v) is 8.68. The third-order valence-corrected chi connectivity index (χ3v) is 6.77. The van der Waals surface area contributed by atoms with Crippen LogP contribution in [0, 0.1) is 5.41 Å². The van der Waals surface area contributed by atoms with E-state index in [-0.39, 0.29) is 6.04 Å². The van der Waals surface area contributed by atoms with Gasteiger partial charge in [-0.05, 0) is 42.9 Å². The smallest absolute Gasteiger partial charge is 0.143 e. The Morgan fingerprint density at radius 3 is 2.93 bits per heavy atom. The van der Waals surface area contributed by atoms with Gasteiger partial charge < -0.3 is 25.1 Å². The van der Waals surface area contributed by atoms with Crippen molar-refractivity contribution < 1.29 is 9.47 Å². The number of thioether (sulfide) groups is 1. The zero-order valence-corrected chi connectivity index (χ0v) is 17.7. The number of hydrogen-bond donors (Lipinski definition) is 3. The van der Waals surface area contributed by atoms with Crippen molar-refractivity contribution in [2.45, 2.75) is 31.4 Å². The van der Waals surface area contributed by atoms with Gasteiger partial charge in [-0.15, -0.1) is 0 Å². The Bertz CT molecular complexity index is 838. The van der Waals surface area contributed by atoms with Crippen LogP contribution in [-0.2, 0) is 15.1 Å². The van der Waals surface area contributed by atoms with Crippen molar-refractivity contribution in [2.24, 2.45) is 0 Å². The number of morpholine rings is 1. The molecule has 156 valence electrons. The Hall–Kier alpha value is -2.10. The monoisotopic (exact) mass is 416 g/mol. The number of methoxy groups -OCH3 is 1. The number of aromatic amines is 1. The predicted octanol–water partition coefficient (Wildman–Crippen LogP) is 3.14. The molecule has 3 N–H and O–H groups in total. The maximum atomic E-state index is 8.16. The second kappa shape index (κ2) is 8.73. The third kappa shape index (κ3) is 3.99. The molecule has 0 bridgehead atoms. The van der Waals surface area contributed by atoms with Gasteiger partial charge in [0.2, 0.25) is 0 Å². The molecular formula is C20H28N6O2S. The minimum absolute atomic E-state index is 0.232. The van der Waals surface area contributed by atoms with Crippen LogP contribution < -0.4 is 10.2 Å². The second-order valence-electron chi connectivity index (χ2n) is 7.46. The first-order valence-corrected chi connectivity index (χ1v) is 11.1. The van der Waals surface area contributed by atoms with E-state index < -0.39 is 5.60 Å². The standard InChI is InChI=1S/C20H28N6O2S/c1-14-13-28-8-7-26(14)18-11-16(20(27-2)4-9-29-10-5-20)15(12-21)19(24-18)23-17-3-6-22-25-17/h3,6,11-12,14,21H,4-5,7-10,13H2,1-2H3,(H2,22,23,24,25)/t14-/m1/s1. The average Bonchev–Trinajstić information content (AvgIpc) is 3.27. The number of H-pyrrole nitrogens is 1. The van der Waals surface area contributed by atoms with Gasteiger partial charge in [-0.3, -0.25) is 5.10 Å². The van der Waals surface area contributed by atoms with Crippen LogP contribution in [0.5, 0.6) is 0 Å². The van der Waals surface area contributed by atoms with Gasteiger partial charge >= 0.3 is 0 Å². The zero-order chi connectivity index (χ0) is 20.3. The van der Waals surface area contributed by atoms with Crippen LogP contribution in [0.3, 0.4) is 0 Å². The van der Waals surface area contributed by atoms with Crippen molar-refractivity contribution in [3.8, 4) is 0 Å². The average molecular weight is 417 g/mol. The summed E-state index contributed by atoms with van der Waals surface area (Å²) in [6.07, 6.45) is 4.91. The van der Waals surface area contributed by atoms with Gasteiger partial charge in [0.1, 0.15) is 17.5 Å². The summed E-state index contributed by atoms with van der Waals surface area (Å²) in [6.45, 7) is 4.30. The molecule has 2 aliphatic heterocycles. The molecule has 2 aromatic rings. The lowest BCUT2D eigenvalue weighted by Gasteiger charge is -2.39. The number of aromatic nitrogens is 3. The molecule has 29 heavy (non-hydrogen) atoms. The molecule has 8 nitrogen and oxygen atoms in total. The van der Waals surface area contributed by atoms with Crippen molar-refractivity contribution in [3.63, 3.8) is 0 Å². The molecular weight excluding hydrogens is 388 g/mol. The lowest BCUT2D eigenvalue weighted by atomic mass is 9.85. The van der Waals surface area contributed by atoms with E-state index in [1.165, 1.54) is 6.21 Å². The van der Waals surface area contributed by atoms with Crippen molar-refractivity contribution in [1.29, 1.82) is 5.41 Å². The Morgan fingerprint density at radius 1 is 1.45 bits per heavy atom. The Kier molecular flexibility index (Phi) is 6.07. The topological polar surface area (TPSA) is 99.2 Å². The maximum absolute atomic E-state index is 8.16. The van der Waals surface area contributed by atoms with E-state index in [1.54, 1.807) is 13.3 Å². The zero-order valence-electron chi connectivity index (χ0n) is 16.9. The van der Waals surface area contributed by atoms with E-state index in [4.69, 9.17) is 19.9 Å². The lowest BCUT2D eigenvalue weighted by Crippen LogP contribution is -2.44. The van der Waals surface area contributed by atoms with Gasteiger partial charge in [0.25, 0.3) is 0 Å². The van der Waals surface area contributed by atoms with Crippen LogP contribution in [0.25, 0.3) is 0 Å². The highest BCUT2D eigenvalue weighted by atomic mass is 32.2. The maximum Gasteiger partial charge on any atom is 0.143 e. The summed E-state index contributed by atoms with van der Waals surface area (Å²) < 4.78 is 11.8. The predicted molar refractivity (Wildman–Crippen MR) is 117 cm³/mol. The van der Waals surface area contributed by atoms with Gasteiger partial charge in [0.15, 0.2) is 0 Å². The van der Waals surface area contributed by atoms with Crippen LogP contribution in [0.2, 0.25) is 0 Å². The molecule has 0 amide bonds. The first-order chi connectivity index (χ1) is 14.2. The first kappa shape index (κ1) is 20.2. The van der Waals surface area contributed by atoms with Crippen molar-refractivity contribution in [3.05, 3.63) is 29.5 Å². The number of ether oxygens (including phenoxy) is 2. The van der Waals surface area contributed by atoms with Crippen LogP contribution in [-0.4, -0.2) is 65.8 Å². The fourth-order valence-electron chi connectivity index (χ4n) is 4.11. The van der Waals surface area contributed by atoms with Gasteiger partial charge in [0.05, 0.1) is 31.1 Å². The highest BCUT2D eigenvalue weighted by Crippen LogP contribution is 2.43. The molecule has 2 fully saturated rings. The van der Waals surface area contributed by atoms with E-state index in [2.05, 4.69) is 33.4 Å². The van der Waals surface area contributed by atoms with Crippen LogP contribution >= 0.6 is 11.8 Å². The molecule has 2 aromatic heterocycles. The van der Waals surface area contributed by atoms with Gasteiger partial charge in [-0.25, -0.2) is 4.98 Å². The number of pyridine rings is 1. The van der Waals surface area contributed by atoms with E-state index in [0.29, 0.717) is 19.0 Å². The van der Waals surface area contributed by atoms with Crippen LogP contribution in [0.4, 0.5) is 17.5 Å². The summed E-state index contributed by atoms with van der Waals surface area (Å²) in [6, 6.07) is 4.21. The molecule has 0 aliphatic carbocycles. The first-order valence-electron chi connectivity index (χ1n) is 9.96. The van der Waals surface area contributed by atoms with Crippen molar-refractivity contribution in [1.82, 2.24) is 15.2 Å². The molecule has 4 heterocycles. The number of hydrogen-bond acceptors (Lipinski definition) is 8. The number of nitrogens with one attached hydrogen (secondary N) is 3. The molecule has 1 atom stereocenters. The van der Waals surface area contributed by atoms with E-state index in [0.717, 1.165) is 53.7 Å². The molecule has 0 radical (unpaired) electrons. The molecule has 0 saturated carbocycles. The normalized spacial score (nSPS) is 21.7. The summed E-state index contributed by atoms with van der Waals surface area (Å²) in [5.74, 6) is 4.35. The molecule has 0 aromatic carbocycles. The fourth-order valence-corrected chi connectivity index (χ4v) is 5.26. The fraction of sp³-hybridized carbons (Fsp3) is 0.550. The Morgan fingerprint density at radius 2 is 2.28 bits per heavy atom. The number of nitrogens with zero attached hydrogens (tertiary/aromatic N) is 3. The minimum Gasteiger partial charge on any atom is -0.377 e. The molecule has 2 aliphatic rings.